The highest BCUT2D eigenvalue weighted by atomic mass is 16.5. The zero-order chi connectivity index (χ0) is 17.8. The first-order valence-corrected chi connectivity index (χ1v) is 8.37. The Kier molecular flexibility index (Phi) is 6.59. The molecule has 1 aliphatic carbocycles. The van der Waals surface area contributed by atoms with Gasteiger partial charge in [0.2, 0.25) is 5.91 Å². The minimum Gasteiger partial charge on any atom is -0.479 e. The first kappa shape index (κ1) is 19.9. The summed E-state index contributed by atoms with van der Waals surface area (Å²) in [5, 5.41) is 12.4. The summed E-state index contributed by atoms with van der Waals surface area (Å²) in [6.07, 6.45) is 0.278. The largest absolute Gasteiger partial charge is 0.479 e. The van der Waals surface area contributed by atoms with Crippen molar-refractivity contribution in [2.24, 2.45) is 11.3 Å². The van der Waals surface area contributed by atoms with Crippen molar-refractivity contribution in [2.45, 2.75) is 72.1 Å². The normalized spacial score (nSPS) is 27.3. The van der Waals surface area contributed by atoms with Gasteiger partial charge in [-0.2, -0.15) is 0 Å². The maximum Gasteiger partial charge on any atom is 0.330 e. The quantitative estimate of drug-likeness (QED) is 0.677. The molecule has 1 rings (SSSR count). The summed E-state index contributed by atoms with van der Waals surface area (Å²) in [4.78, 5) is 24.2. The van der Waals surface area contributed by atoms with E-state index in [0.717, 1.165) is 6.42 Å². The number of hydrogen-bond donors (Lipinski definition) is 2. The summed E-state index contributed by atoms with van der Waals surface area (Å²) in [6, 6.07) is 0. The lowest BCUT2D eigenvalue weighted by Crippen LogP contribution is -2.76. The lowest BCUT2D eigenvalue weighted by atomic mass is 9.54. The minimum atomic E-state index is -1.31. The molecule has 1 saturated carbocycles. The molecular formula is C17H31NO5. The van der Waals surface area contributed by atoms with Crippen LogP contribution in [-0.4, -0.2) is 47.9 Å². The SMILES string of the molecule is CCOC1CC(NC(=O)C(C)OCCC(C)C)(C(=O)O)C1(C)C. The molecule has 3 atom stereocenters. The van der Waals surface area contributed by atoms with Crippen LogP contribution in [0.3, 0.4) is 0 Å². The molecule has 0 aromatic carbocycles. The van der Waals surface area contributed by atoms with Crippen molar-refractivity contribution in [2.75, 3.05) is 13.2 Å². The third kappa shape index (κ3) is 4.04. The van der Waals surface area contributed by atoms with E-state index >= 15 is 0 Å². The number of carboxylic acids is 1. The van der Waals surface area contributed by atoms with Gasteiger partial charge in [0.05, 0.1) is 6.10 Å². The maximum absolute atomic E-state index is 12.3. The number of rotatable bonds is 9. The van der Waals surface area contributed by atoms with E-state index in [1.807, 2.05) is 20.8 Å². The van der Waals surface area contributed by atoms with Crippen molar-refractivity contribution in [1.29, 1.82) is 0 Å². The second kappa shape index (κ2) is 7.62. The van der Waals surface area contributed by atoms with Gasteiger partial charge in [-0.3, -0.25) is 4.79 Å². The number of nitrogens with one attached hydrogen (secondary N) is 1. The molecule has 0 aliphatic heterocycles. The highest BCUT2D eigenvalue weighted by molar-refractivity contribution is 5.91. The van der Waals surface area contributed by atoms with Gasteiger partial charge in [-0.25, -0.2) is 4.79 Å². The van der Waals surface area contributed by atoms with Gasteiger partial charge in [-0.05, 0) is 26.2 Å². The van der Waals surface area contributed by atoms with Crippen LogP contribution in [-0.2, 0) is 19.1 Å². The Labute approximate surface area is 138 Å². The summed E-state index contributed by atoms with van der Waals surface area (Å²) in [7, 11) is 0. The average molecular weight is 329 g/mol. The predicted molar refractivity (Wildman–Crippen MR) is 87.2 cm³/mol. The number of ether oxygens (including phenoxy) is 2. The van der Waals surface area contributed by atoms with Crippen molar-refractivity contribution in [3.8, 4) is 0 Å². The van der Waals surface area contributed by atoms with E-state index in [0.29, 0.717) is 19.1 Å². The molecule has 1 fully saturated rings. The smallest absolute Gasteiger partial charge is 0.330 e. The van der Waals surface area contributed by atoms with Crippen molar-refractivity contribution in [3.63, 3.8) is 0 Å². The lowest BCUT2D eigenvalue weighted by molar-refractivity contribution is -0.196. The van der Waals surface area contributed by atoms with Crippen LogP contribution >= 0.6 is 0 Å². The molecule has 1 amide bonds. The van der Waals surface area contributed by atoms with Crippen LogP contribution < -0.4 is 5.32 Å². The van der Waals surface area contributed by atoms with Crippen LogP contribution in [0.1, 0.15) is 54.4 Å². The number of aliphatic carboxylic acids is 1. The van der Waals surface area contributed by atoms with E-state index in [-0.39, 0.29) is 18.4 Å². The summed E-state index contributed by atoms with van der Waals surface area (Å²) >= 11 is 0. The van der Waals surface area contributed by atoms with Crippen LogP contribution in [0.25, 0.3) is 0 Å². The molecule has 0 radical (unpaired) electrons. The number of hydrogen-bond acceptors (Lipinski definition) is 4. The third-order valence-corrected chi connectivity index (χ3v) is 4.90. The molecule has 1 aliphatic rings. The van der Waals surface area contributed by atoms with Gasteiger partial charge < -0.3 is 19.9 Å². The van der Waals surface area contributed by atoms with E-state index in [2.05, 4.69) is 19.2 Å². The Bertz CT molecular complexity index is 435. The van der Waals surface area contributed by atoms with E-state index in [9.17, 15) is 14.7 Å². The fourth-order valence-corrected chi connectivity index (χ4v) is 2.91. The first-order chi connectivity index (χ1) is 10.6. The molecule has 3 unspecified atom stereocenters. The van der Waals surface area contributed by atoms with Crippen LogP contribution in [0.2, 0.25) is 0 Å². The van der Waals surface area contributed by atoms with E-state index in [1.165, 1.54) is 0 Å². The van der Waals surface area contributed by atoms with Crippen LogP contribution in [0.4, 0.5) is 0 Å². The third-order valence-electron chi connectivity index (χ3n) is 4.90. The Morgan fingerprint density at radius 3 is 2.35 bits per heavy atom. The Hall–Kier alpha value is -1.14. The molecule has 0 aromatic heterocycles. The summed E-state index contributed by atoms with van der Waals surface area (Å²) in [5.41, 5.74) is -1.98. The lowest BCUT2D eigenvalue weighted by Gasteiger charge is -2.58. The standard InChI is InChI=1S/C17H31NO5/c1-7-22-13-10-17(15(20)21,16(13,5)6)18-14(19)12(4)23-9-8-11(2)3/h11-13H,7-10H2,1-6H3,(H,18,19)(H,20,21). The van der Waals surface area contributed by atoms with Crippen LogP contribution in [0, 0.1) is 11.3 Å². The van der Waals surface area contributed by atoms with Crippen molar-refractivity contribution < 1.29 is 24.2 Å². The summed E-state index contributed by atoms with van der Waals surface area (Å²) in [5.74, 6) is -0.923. The summed E-state index contributed by atoms with van der Waals surface area (Å²) < 4.78 is 11.1. The molecule has 0 aromatic rings. The van der Waals surface area contributed by atoms with Gasteiger partial charge in [0.15, 0.2) is 0 Å². The van der Waals surface area contributed by atoms with Crippen LogP contribution in [0.15, 0.2) is 0 Å². The average Bonchev–Trinajstić information content (AvgIpc) is 2.44. The van der Waals surface area contributed by atoms with Crippen molar-refractivity contribution in [3.05, 3.63) is 0 Å². The van der Waals surface area contributed by atoms with Gasteiger partial charge in [-0.1, -0.05) is 27.7 Å². The fourth-order valence-electron chi connectivity index (χ4n) is 2.91. The number of carbonyl (C=O) groups excluding carboxylic acids is 1. The highest BCUT2D eigenvalue weighted by Gasteiger charge is 2.66. The van der Waals surface area contributed by atoms with E-state index in [1.54, 1.807) is 6.92 Å². The fraction of sp³-hybridized carbons (Fsp3) is 0.882. The zero-order valence-electron chi connectivity index (χ0n) is 15.1. The molecule has 0 bridgehead atoms. The minimum absolute atomic E-state index is 0.180. The first-order valence-electron chi connectivity index (χ1n) is 8.37. The maximum atomic E-state index is 12.3. The number of amides is 1. The number of carbonyl (C=O) groups is 2. The second-order valence-electron chi connectivity index (χ2n) is 7.27. The molecule has 134 valence electrons. The van der Waals surface area contributed by atoms with Crippen LogP contribution in [0.5, 0.6) is 0 Å². The molecule has 2 N–H and O–H groups in total. The highest BCUT2D eigenvalue weighted by Crippen LogP contribution is 2.51. The molecule has 6 heteroatoms. The molecule has 6 nitrogen and oxygen atoms in total. The number of carboxylic acid groups (broad SMARTS) is 1. The van der Waals surface area contributed by atoms with Gasteiger partial charge in [0, 0.05) is 25.0 Å². The Morgan fingerprint density at radius 1 is 1.30 bits per heavy atom. The monoisotopic (exact) mass is 329 g/mol. The van der Waals surface area contributed by atoms with Gasteiger partial charge >= 0.3 is 5.97 Å². The molecule has 0 heterocycles. The topological polar surface area (TPSA) is 84.9 Å². The van der Waals surface area contributed by atoms with Gasteiger partial charge in [0.1, 0.15) is 11.6 Å². The molecule has 0 saturated heterocycles. The van der Waals surface area contributed by atoms with Gasteiger partial charge in [-0.15, -0.1) is 0 Å². The van der Waals surface area contributed by atoms with Crippen molar-refractivity contribution >= 4 is 11.9 Å². The second-order valence-corrected chi connectivity index (χ2v) is 7.27. The van der Waals surface area contributed by atoms with Crippen molar-refractivity contribution in [1.82, 2.24) is 5.32 Å². The summed E-state index contributed by atoms with van der Waals surface area (Å²) in [6.45, 7) is 12.3. The van der Waals surface area contributed by atoms with E-state index < -0.39 is 23.0 Å². The Morgan fingerprint density at radius 2 is 1.91 bits per heavy atom. The zero-order valence-corrected chi connectivity index (χ0v) is 15.1. The predicted octanol–water partition coefficient (Wildman–Crippen LogP) is 2.21. The molecule has 23 heavy (non-hydrogen) atoms. The van der Waals surface area contributed by atoms with E-state index in [4.69, 9.17) is 9.47 Å². The molecule has 0 spiro atoms. The Balaban J connectivity index is 2.71. The van der Waals surface area contributed by atoms with Gasteiger partial charge in [0.25, 0.3) is 0 Å². The molecular weight excluding hydrogens is 298 g/mol.